The number of carboxylic acids is 1. The van der Waals surface area contributed by atoms with Gasteiger partial charge in [-0.2, -0.15) is 0 Å². The van der Waals surface area contributed by atoms with Gasteiger partial charge >= 0.3 is 12.1 Å². The van der Waals surface area contributed by atoms with E-state index in [0.29, 0.717) is 4.88 Å². The predicted molar refractivity (Wildman–Crippen MR) is 126 cm³/mol. The summed E-state index contributed by atoms with van der Waals surface area (Å²) in [7, 11) is 0. The zero-order valence-corrected chi connectivity index (χ0v) is 19.2. The summed E-state index contributed by atoms with van der Waals surface area (Å²) in [6.45, 7) is 0.0589. The monoisotopic (exact) mass is 491 g/mol. The Morgan fingerprint density at radius 3 is 2.31 bits per heavy atom. The Bertz CT molecular complexity index is 1260. The van der Waals surface area contributed by atoms with Crippen LogP contribution in [0.3, 0.4) is 0 Å². The number of benzene rings is 2. The second-order valence-corrected chi connectivity index (χ2v) is 9.20. The maximum absolute atomic E-state index is 13.2. The lowest BCUT2D eigenvalue weighted by atomic mass is 9.98. The molecule has 2 atom stereocenters. The SMILES string of the molecule is O=C1CC(C(=O)O)N(C(=O)C(NC(=O)OCC2c3ccccc3-c3ccccc32)c2cccs2)N1. The fourth-order valence-electron chi connectivity index (χ4n) is 4.54. The maximum Gasteiger partial charge on any atom is 0.408 e. The second-order valence-electron chi connectivity index (χ2n) is 8.22. The normalized spacial score (nSPS) is 17.3. The molecule has 0 radical (unpaired) electrons. The highest BCUT2D eigenvalue weighted by Gasteiger charge is 2.42. The van der Waals surface area contributed by atoms with Gasteiger partial charge in [-0.1, -0.05) is 54.6 Å². The van der Waals surface area contributed by atoms with Gasteiger partial charge in [-0.05, 0) is 33.7 Å². The van der Waals surface area contributed by atoms with Crippen molar-refractivity contribution in [2.75, 3.05) is 6.61 Å². The van der Waals surface area contributed by atoms with Crippen LogP contribution in [-0.2, 0) is 19.1 Å². The Balaban J connectivity index is 1.32. The smallest absolute Gasteiger partial charge is 0.408 e. The molecule has 2 heterocycles. The summed E-state index contributed by atoms with van der Waals surface area (Å²) >= 11 is 1.22. The van der Waals surface area contributed by atoms with Crippen molar-refractivity contribution in [3.05, 3.63) is 82.0 Å². The molecule has 3 amide bonds. The maximum atomic E-state index is 13.2. The van der Waals surface area contributed by atoms with Crippen LogP contribution in [0, 0.1) is 0 Å². The summed E-state index contributed by atoms with van der Waals surface area (Å²) in [5.74, 6) is -2.82. The van der Waals surface area contributed by atoms with Gasteiger partial charge < -0.3 is 15.2 Å². The zero-order valence-electron chi connectivity index (χ0n) is 18.3. The molecule has 0 saturated carbocycles. The van der Waals surface area contributed by atoms with E-state index < -0.39 is 36.0 Å². The Morgan fingerprint density at radius 1 is 1.06 bits per heavy atom. The van der Waals surface area contributed by atoms with Gasteiger partial charge in [-0.25, -0.2) is 14.6 Å². The predicted octanol–water partition coefficient (Wildman–Crippen LogP) is 3.04. The number of aliphatic carboxylic acids is 1. The first kappa shape index (κ1) is 22.6. The van der Waals surface area contributed by atoms with Crippen molar-refractivity contribution in [1.29, 1.82) is 0 Å². The molecule has 0 bridgehead atoms. The third kappa shape index (κ3) is 4.24. The number of hydrogen-bond acceptors (Lipinski definition) is 6. The average Bonchev–Trinajstić information content (AvgIpc) is 3.59. The number of carboxylic acid groups (broad SMARTS) is 1. The van der Waals surface area contributed by atoms with Crippen LogP contribution in [-0.4, -0.2) is 46.6 Å². The van der Waals surface area contributed by atoms with E-state index >= 15 is 0 Å². The van der Waals surface area contributed by atoms with Crippen molar-refractivity contribution in [2.45, 2.75) is 24.4 Å². The number of thiophene rings is 1. The number of amides is 3. The van der Waals surface area contributed by atoms with Crippen molar-refractivity contribution in [3.63, 3.8) is 0 Å². The van der Waals surface area contributed by atoms with Crippen LogP contribution in [0.1, 0.15) is 34.4 Å². The number of rotatable bonds is 6. The molecule has 3 aromatic rings. The number of hydrazine groups is 1. The topological polar surface area (TPSA) is 125 Å². The molecule has 3 N–H and O–H groups in total. The number of ether oxygens (including phenoxy) is 1. The van der Waals surface area contributed by atoms with Gasteiger partial charge in [0.05, 0.1) is 6.42 Å². The average molecular weight is 492 g/mol. The van der Waals surface area contributed by atoms with Crippen LogP contribution in [0.4, 0.5) is 4.79 Å². The van der Waals surface area contributed by atoms with Crippen molar-refractivity contribution in [2.24, 2.45) is 0 Å². The highest BCUT2D eigenvalue weighted by atomic mass is 32.1. The molecular weight excluding hydrogens is 470 g/mol. The van der Waals surface area contributed by atoms with E-state index in [9.17, 15) is 24.3 Å². The van der Waals surface area contributed by atoms with Crippen LogP contribution in [0.5, 0.6) is 0 Å². The van der Waals surface area contributed by atoms with Crippen LogP contribution >= 0.6 is 11.3 Å². The minimum Gasteiger partial charge on any atom is -0.480 e. The molecule has 1 aromatic heterocycles. The highest BCUT2D eigenvalue weighted by Crippen LogP contribution is 2.44. The molecule has 1 aliphatic carbocycles. The van der Waals surface area contributed by atoms with Crippen LogP contribution in [0.25, 0.3) is 11.1 Å². The van der Waals surface area contributed by atoms with Gasteiger partial charge in [0.1, 0.15) is 12.6 Å². The molecule has 2 unspecified atom stereocenters. The number of carbonyl (C=O) groups is 4. The quantitative estimate of drug-likeness (QED) is 0.487. The van der Waals surface area contributed by atoms with Crippen molar-refractivity contribution >= 4 is 35.2 Å². The molecule has 2 aromatic carbocycles. The summed E-state index contributed by atoms with van der Waals surface area (Å²) in [5.41, 5.74) is 6.56. The number of nitrogens with one attached hydrogen (secondary N) is 2. The number of alkyl carbamates (subject to hydrolysis) is 1. The molecule has 10 heteroatoms. The van der Waals surface area contributed by atoms with E-state index in [1.54, 1.807) is 17.5 Å². The molecule has 2 aliphatic rings. The lowest BCUT2D eigenvalue weighted by Gasteiger charge is -2.26. The first-order chi connectivity index (χ1) is 16.9. The summed E-state index contributed by atoms with van der Waals surface area (Å²) in [6, 6.07) is 16.6. The number of hydrogen-bond donors (Lipinski definition) is 3. The molecule has 9 nitrogen and oxygen atoms in total. The second kappa shape index (κ2) is 9.22. The number of fused-ring (bicyclic) bond motifs is 3. The van der Waals surface area contributed by atoms with Crippen molar-refractivity contribution in [3.8, 4) is 11.1 Å². The zero-order chi connectivity index (χ0) is 24.5. The van der Waals surface area contributed by atoms with Gasteiger partial charge in [0, 0.05) is 10.8 Å². The third-order valence-electron chi connectivity index (χ3n) is 6.14. The van der Waals surface area contributed by atoms with E-state index in [1.165, 1.54) is 11.3 Å². The highest BCUT2D eigenvalue weighted by molar-refractivity contribution is 7.10. The standard InChI is InChI=1S/C25H21N3O6S/c29-21-12-19(24(31)32)28(27-21)23(30)22(20-10-5-11-35-20)26-25(33)34-13-18-16-8-3-1-6-14(16)15-7-2-4-9-17(15)18/h1-11,18-19,22H,12-13H2,(H,26,33)(H,27,29)(H,31,32). The Labute approximate surface area is 204 Å². The fraction of sp³-hybridized carbons (Fsp3) is 0.200. The molecule has 178 valence electrons. The minimum absolute atomic E-state index is 0.0589. The van der Waals surface area contributed by atoms with Crippen molar-refractivity contribution < 1.29 is 29.0 Å². The largest absolute Gasteiger partial charge is 0.480 e. The van der Waals surface area contributed by atoms with Gasteiger partial charge in [-0.3, -0.25) is 15.0 Å². The Morgan fingerprint density at radius 2 is 1.71 bits per heavy atom. The van der Waals surface area contributed by atoms with Crippen LogP contribution in [0.2, 0.25) is 0 Å². The third-order valence-corrected chi connectivity index (χ3v) is 7.08. The number of nitrogens with zero attached hydrogens (tertiary/aromatic N) is 1. The molecule has 1 fully saturated rings. The lowest BCUT2D eigenvalue weighted by molar-refractivity contribution is -0.151. The van der Waals surface area contributed by atoms with Crippen LogP contribution < -0.4 is 10.7 Å². The molecule has 5 rings (SSSR count). The van der Waals surface area contributed by atoms with Gasteiger partial charge in [0.2, 0.25) is 5.91 Å². The Hall–Kier alpha value is -4.18. The lowest BCUT2D eigenvalue weighted by Crippen LogP contribution is -2.51. The summed E-state index contributed by atoms with van der Waals surface area (Å²) < 4.78 is 5.56. The molecule has 35 heavy (non-hydrogen) atoms. The fourth-order valence-corrected chi connectivity index (χ4v) is 5.31. The van der Waals surface area contributed by atoms with E-state index in [0.717, 1.165) is 27.3 Å². The first-order valence-corrected chi connectivity index (χ1v) is 11.8. The van der Waals surface area contributed by atoms with Crippen molar-refractivity contribution in [1.82, 2.24) is 15.8 Å². The van der Waals surface area contributed by atoms with Gasteiger partial charge in [0.15, 0.2) is 6.04 Å². The van der Waals surface area contributed by atoms with Gasteiger partial charge in [-0.15, -0.1) is 11.3 Å². The molecule has 1 aliphatic heterocycles. The molecular formula is C25H21N3O6S. The van der Waals surface area contributed by atoms with E-state index in [4.69, 9.17) is 4.74 Å². The molecule has 1 saturated heterocycles. The summed E-state index contributed by atoms with van der Waals surface area (Å²) in [6.07, 6.45) is -1.18. The summed E-state index contributed by atoms with van der Waals surface area (Å²) in [4.78, 5) is 49.8. The van der Waals surface area contributed by atoms with Crippen LogP contribution in [0.15, 0.2) is 66.0 Å². The van der Waals surface area contributed by atoms with Gasteiger partial charge in [0.25, 0.3) is 5.91 Å². The molecule has 0 spiro atoms. The van der Waals surface area contributed by atoms with E-state index in [1.807, 2.05) is 48.5 Å². The summed E-state index contributed by atoms with van der Waals surface area (Å²) in [5, 5.41) is 14.5. The first-order valence-electron chi connectivity index (χ1n) is 10.9. The minimum atomic E-state index is -1.36. The number of carbonyl (C=O) groups excluding carboxylic acids is 3. The Kier molecular flexibility index (Phi) is 5.96. The van der Waals surface area contributed by atoms with E-state index in [2.05, 4.69) is 10.7 Å². The van der Waals surface area contributed by atoms with E-state index in [-0.39, 0.29) is 18.9 Å².